The summed E-state index contributed by atoms with van der Waals surface area (Å²) in [5, 5.41) is 0.764. The monoisotopic (exact) mass is 219 g/mol. The molecule has 1 nitrogen and oxygen atoms in total. The third-order valence-electron chi connectivity index (χ3n) is 3.48. The predicted molar refractivity (Wildman–Crippen MR) is 71.5 cm³/mol. The number of hydrogen-bond donors (Lipinski definition) is 1. The Morgan fingerprint density at radius 2 is 1.43 bits per heavy atom. The summed E-state index contributed by atoms with van der Waals surface area (Å²) < 4.78 is 0.361. The average Bonchev–Trinajstić information content (AvgIpc) is 1.80. The minimum absolute atomic E-state index is 0.0529. The molecule has 0 radical (unpaired) electrons. The second kappa shape index (κ2) is 4.05. The van der Waals surface area contributed by atoms with Gasteiger partial charge in [-0.05, 0) is 42.8 Å². The van der Waals surface area contributed by atoms with Gasteiger partial charge in [-0.15, -0.1) is 0 Å². The van der Waals surface area contributed by atoms with Crippen LogP contribution in [0.2, 0.25) is 0 Å². The maximum absolute atomic E-state index is 6.13. The Morgan fingerprint density at radius 3 is 1.64 bits per heavy atom. The molecule has 0 spiro atoms. The molecular weight excluding hydrogens is 190 g/mol. The van der Waals surface area contributed by atoms with E-state index in [0.29, 0.717) is 4.75 Å². The van der Waals surface area contributed by atoms with E-state index >= 15 is 0 Å². The van der Waals surface area contributed by atoms with E-state index < -0.39 is 10.0 Å². The van der Waals surface area contributed by atoms with E-state index in [1.165, 1.54) is 0 Å². The van der Waals surface area contributed by atoms with Crippen molar-refractivity contribution in [3.05, 3.63) is 0 Å². The van der Waals surface area contributed by atoms with Crippen molar-refractivity contribution in [2.45, 2.75) is 63.5 Å². The molecule has 0 heterocycles. The zero-order valence-corrected chi connectivity index (χ0v) is 12.1. The van der Waals surface area contributed by atoms with Gasteiger partial charge in [0.05, 0.1) is 0 Å². The minimum atomic E-state index is -0.590. The van der Waals surface area contributed by atoms with Crippen molar-refractivity contribution >= 4 is 10.0 Å². The van der Waals surface area contributed by atoms with Crippen LogP contribution in [0.25, 0.3) is 0 Å². The second-order valence-corrected chi connectivity index (χ2v) is 11.2. The van der Waals surface area contributed by atoms with Gasteiger partial charge in [0.25, 0.3) is 0 Å². The lowest BCUT2D eigenvalue weighted by Crippen LogP contribution is -2.44. The topological polar surface area (TPSA) is 26.0 Å². The van der Waals surface area contributed by atoms with Crippen molar-refractivity contribution in [2.75, 3.05) is 12.5 Å². The third kappa shape index (κ3) is 3.47. The maximum atomic E-state index is 6.13. The molecule has 0 saturated heterocycles. The molecule has 0 aromatic rings. The number of hydrogen-bond acceptors (Lipinski definition) is 1. The van der Waals surface area contributed by atoms with Gasteiger partial charge in [0.2, 0.25) is 0 Å². The molecular formula is C12H29NS. The van der Waals surface area contributed by atoms with E-state index in [0.717, 1.165) is 11.7 Å². The van der Waals surface area contributed by atoms with Crippen LogP contribution in [0, 0.1) is 0 Å². The van der Waals surface area contributed by atoms with Gasteiger partial charge in [-0.25, -0.2) is 10.0 Å². The first-order valence-electron chi connectivity index (χ1n) is 5.41. The third-order valence-corrected chi connectivity index (χ3v) is 8.83. The predicted octanol–water partition coefficient (Wildman–Crippen LogP) is 3.37. The molecule has 88 valence electrons. The molecule has 2 N–H and O–H groups in total. The fraction of sp³-hybridized carbons (Fsp3) is 1.00. The largest absolute Gasteiger partial charge is 0.326 e. The van der Waals surface area contributed by atoms with E-state index in [1.807, 2.05) is 0 Å². The standard InChI is InChI=1S/C12H29NS/c1-10(2)14(7,8)12(5,6)9-11(3,4)13/h10H,9,13H2,1-8H3. The molecule has 2 heteroatoms. The van der Waals surface area contributed by atoms with Crippen molar-refractivity contribution < 1.29 is 0 Å². The highest BCUT2D eigenvalue weighted by Crippen LogP contribution is 2.59. The molecule has 0 saturated carbocycles. The lowest BCUT2D eigenvalue weighted by Gasteiger charge is -2.52. The van der Waals surface area contributed by atoms with Crippen LogP contribution in [0.15, 0.2) is 0 Å². The second-order valence-electron chi connectivity index (χ2n) is 6.38. The summed E-state index contributed by atoms with van der Waals surface area (Å²) in [6.07, 6.45) is 5.97. The van der Waals surface area contributed by atoms with Gasteiger partial charge in [-0.2, -0.15) is 0 Å². The van der Waals surface area contributed by atoms with Gasteiger partial charge in [-0.3, -0.25) is 0 Å². The van der Waals surface area contributed by atoms with Crippen LogP contribution in [0.4, 0.5) is 0 Å². The van der Waals surface area contributed by atoms with Gasteiger partial charge in [0.15, 0.2) is 0 Å². The number of rotatable bonds is 4. The molecule has 0 aromatic carbocycles. The Bertz CT molecular complexity index is 187. The van der Waals surface area contributed by atoms with E-state index in [-0.39, 0.29) is 5.54 Å². The first-order chi connectivity index (χ1) is 5.90. The highest BCUT2D eigenvalue weighted by molar-refractivity contribution is 8.34. The summed E-state index contributed by atoms with van der Waals surface area (Å²) in [5.41, 5.74) is 6.08. The molecule has 0 rings (SSSR count). The van der Waals surface area contributed by atoms with Crippen LogP contribution in [0.1, 0.15) is 48.0 Å². The van der Waals surface area contributed by atoms with Crippen molar-refractivity contribution in [3.8, 4) is 0 Å². The lowest BCUT2D eigenvalue weighted by molar-refractivity contribution is 0.420. The minimum Gasteiger partial charge on any atom is -0.326 e. The zero-order valence-electron chi connectivity index (χ0n) is 11.3. The normalized spacial score (nSPS) is 16.1. The average molecular weight is 219 g/mol. The summed E-state index contributed by atoms with van der Waals surface area (Å²) in [4.78, 5) is 0. The summed E-state index contributed by atoms with van der Waals surface area (Å²) in [5.74, 6) is 0. The molecule has 0 fully saturated rings. The molecule has 0 bridgehead atoms. The molecule has 14 heavy (non-hydrogen) atoms. The fourth-order valence-electron chi connectivity index (χ4n) is 1.92. The highest BCUT2D eigenvalue weighted by atomic mass is 32.3. The van der Waals surface area contributed by atoms with Crippen molar-refractivity contribution in [2.24, 2.45) is 5.73 Å². The number of nitrogens with two attached hydrogens (primary N) is 1. The molecule has 0 aliphatic heterocycles. The molecule has 0 aromatic heterocycles. The van der Waals surface area contributed by atoms with Gasteiger partial charge in [0.1, 0.15) is 0 Å². The van der Waals surface area contributed by atoms with Crippen LogP contribution in [0.3, 0.4) is 0 Å². The van der Waals surface area contributed by atoms with Gasteiger partial charge < -0.3 is 5.73 Å². The first kappa shape index (κ1) is 14.3. The summed E-state index contributed by atoms with van der Waals surface area (Å²) >= 11 is 0. The Kier molecular flexibility index (Phi) is 4.14. The Balaban J connectivity index is 4.78. The Hall–Kier alpha value is 0.310. The summed E-state index contributed by atoms with van der Waals surface area (Å²) in [6, 6.07) is 0. The molecule has 0 atom stereocenters. The molecule has 0 aliphatic carbocycles. The van der Waals surface area contributed by atoms with E-state index in [2.05, 4.69) is 54.1 Å². The van der Waals surface area contributed by atoms with E-state index in [1.54, 1.807) is 0 Å². The maximum Gasteiger partial charge on any atom is 0.0109 e. The fourth-order valence-corrected chi connectivity index (χ4v) is 3.94. The summed E-state index contributed by atoms with van der Waals surface area (Å²) in [6.45, 7) is 13.7. The van der Waals surface area contributed by atoms with E-state index in [4.69, 9.17) is 5.73 Å². The quantitative estimate of drug-likeness (QED) is 0.771. The molecule has 0 unspecified atom stereocenters. The smallest absolute Gasteiger partial charge is 0.0109 e. The van der Waals surface area contributed by atoms with E-state index in [9.17, 15) is 0 Å². The Morgan fingerprint density at radius 1 is 1.07 bits per heavy atom. The molecule has 0 aliphatic rings. The van der Waals surface area contributed by atoms with Crippen molar-refractivity contribution in [3.63, 3.8) is 0 Å². The molecule has 0 amide bonds. The van der Waals surface area contributed by atoms with Gasteiger partial charge >= 0.3 is 0 Å². The van der Waals surface area contributed by atoms with Crippen LogP contribution in [-0.2, 0) is 0 Å². The van der Waals surface area contributed by atoms with Gasteiger partial charge in [0, 0.05) is 5.54 Å². The zero-order chi connectivity index (χ0) is 11.8. The Labute approximate surface area is 92.2 Å². The van der Waals surface area contributed by atoms with Crippen LogP contribution in [-0.4, -0.2) is 28.0 Å². The van der Waals surface area contributed by atoms with Crippen LogP contribution < -0.4 is 5.73 Å². The summed E-state index contributed by atoms with van der Waals surface area (Å²) in [7, 11) is -0.590. The van der Waals surface area contributed by atoms with Crippen molar-refractivity contribution in [1.82, 2.24) is 0 Å². The van der Waals surface area contributed by atoms with Gasteiger partial charge in [-0.1, -0.05) is 27.7 Å². The highest BCUT2D eigenvalue weighted by Gasteiger charge is 2.37. The lowest BCUT2D eigenvalue weighted by atomic mass is 9.93. The van der Waals surface area contributed by atoms with Crippen LogP contribution in [0.5, 0.6) is 0 Å². The SMILES string of the molecule is CC(C)S(C)(C)C(C)(C)CC(C)(C)N. The van der Waals surface area contributed by atoms with Crippen molar-refractivity contribution in [1.29, 1.82) is 0 Å². The first-order valence-corrected chi connectivity index (χ1v) is 7.92. The van der Waals surface area contributed by atoms with Crippen LogP contribution >= 0.6 is 10.0 Å².